The van der Waals surface area contributed by atoms with E-state index in [9.17, 15) is 9.90 Å². The maximum Gasteiger partial charge on any atom is 0.272 e. The fourth-order valence-corrected chi connectivity index (χ4v) is 3.45. The smallest absolute Gasteiger partial charge is 0.272 e. The highest BCUT2D eigenvalue weighted by Gasteiger charge is 2.08. The lowest BCUT2D eigenvalue weighted by Gasteiger charge is -2.03. The molecular weight excluding hydrogens is 456 g/mol. The summed E-state index contributed by atoms with van der Waals surface area (Å²) < 4.78 is 0.668. The summed E-state index contributed by atoms with van der Waals surface area (Å²) in [6.45, 7) is 0. The quantitative estimate of drug-likeness (QED) is 0.197. The number of carbonyl (C=O) groups excluding carboxylic acids is 1. The highest BCUT2D eigenvalue weighted by atomic mass is 79.9. The number of fused-ring (bicyclic) bond motifs is 1. The van der Waals surface area contributed by atoms with Crippen LogP contribution in [0, 0.1) is 0 Å². The first-order valence-electron chi connectivity index (χ1n) is 9.42. The molecule has 6 nitrogen and oxygen atoms in total. The van der Waals surface area contributed by atoms with Crippen LogP contribution in [0.1, 0.15) is 15.9 Å². The van der Waals surface area contributed by atoms with Gasteiger partial charge < -0.3 is 5.11 Å². The zero-order valence-corrected chi connectivity index (χ0v) is 17.8. The van der Waals surface area contributed by atoms with Gasteiger partial charge in [0.2, 0.25) is 0 Å². The van der Waals surface area contributed by atoms with Crippen molar-refractivity contribution >= 4 is 50.2 Å². The van der Waals surface area contributed by atoms with E-state index in [2.05, 4.69) is 36.7 Å². The lowest BCUT2D eigenvalue weighted by Crippen LogP contribution is -2.18. The van der Waals surface area contributed by atoms with E-state index in [0.29, 0.717) is 21.3 Å². The molecule has 0 heterocycles. The van der Waals surface area contributed by atoms with E-state index in [1.165, 1.54) is 12.3 Å². The molecule has 0 fully saturated rings. The topological polar surface area (TPSA) is 86.4 Å². The average Bonchev–Trinajstić information content (AvgIpc) is 2.79. The number of amides is 1. The number of rotatable bonds is 5. The Morgan fingerprint density at radius 3 is 2.55 bits per heavy atom. The van der Waals surface area contributed by atoms with Crippen LogP contribution in [-0.2, 0) is 0 Å². The number of phenols is 1. The highest BCUT2D eigenvalue weighted by Crippen LogP contribution is 2.28. The van der Waals surface area contributed by atoms with Crippen LogP contribution in [0.3, 0.4) is 0 Å². The van der Waals surface area contributed by atoms with Crippen LogP contribution in [0.25, 0.3) is 10.8 Å². The molecule has 4 aromatic rings. The number of halogens is 1. The summed E-state index contributed by atoms with van der Waals surface area (Å²) in [5.41, 5.74) is 4.61. The van der Waals surface area contributed by atoms with Gasteiger partial charge >= 0.3 is 0 Å². The fourth-order valence-electron chi connectivity index (χ4n) is 2.98. The largest absolute Gasteiger partial charge is 0.507 e. The predicted molar refractivity (Wildman–Crippen MR) is 125 cm³/mol. The van der Waals surface area contributed by atoms with E-state index < -0.39 is 0 Å². The normalized spacial score (nSPS) is 11.4. The second-order valence-electron chi connectivity index (χ2n) is 6.62. The van der Waals surface area contributed by atoms with E-state index in [-0.39, 0.29) is 11.7 Å². The Morgan fingerprint density at radius 2 is 1.68 bits per heavy atom. The number of azo groups is 1. The Morgan fingerprint density at radius 1 is 0.903 bits per heavy atom. The summed E-state index contributed by atoms with van der Waals surface area (Å²) in [4.78, 5) is 12.2. The molecule has 0 saturated heterocycles. The highest BCUT2D eigenvalue weighted by molar-refractivity contribution is 9.10. The fraction of sp³-hybridized carbons (Fsp3) is 0. The number of hydrazone groups is 1. The minimum atomic E-state index is -0.366. The van der Waals surface area contributed by atoms with Gasteiger partial charge in [0.25, 0.3) is 5.91 Å². The van der Waals surface area contributed by atoms with Crippen LogP contribution in [-0.4, -0.2) is 17.2 Å². The van der Waals surface area contributed by atoms with Crippen molar-refractivity contribution in [2.75, 3.05) is 0 Å². The second kappa shape index (κ2) is 9.32. The Balaban J connectivity index is 1.52. The minimum Gasteiger partial charge on any atom is -0.507 e. The number of nitrogens with zero attached hydrogens (tertiary/aromatic N) is 3. The van der Waals surface area contributed by atoms with Crippen molar-refractivity contribution < 1.29 is 9.90 Å². The van der Waals surface area contributed by atoms with Gasteiger partial charge in [-0.05, 0) is 57.7 Å². The molecule has 0 saturated carbocycles. The van der Waals surface area contributed by atoms with Gasteiger partial charge in [0, 0.05) is 15.4 Å². The molecule has 7 heteroatoms. The van der Waals surface area contributed by atoms with Crippen LogP contribution in [0.2, 0.25) is 0 Å². The van der Waals surface area contributed by atoms with Crippen molar-refractivity contribution in [2.45, 2.75) is 0 Å². The standard InChI is InChI=1S/C24H17BrN4O2/c25-21-10-4-3-9-20(21)24(31)29-26-15-17-14-18(12-13-23(17)30)27-28-22-11-5-7-16-6-1-2-8-19(16)22/h1-15,30H,(H,29,31). The van der Waals surface area contributed by atoms with Crippen LogP contribution in [0.5, 0.6) is 5.75 Å². The third-order valence-electron chi connectivity index (χ3n) is 4.54. The van der Waals surface area contributed by atoms with Crippen molar-refractivity contribution in [2.24, 2.45) is 15.3 Å². The van der Waals surface area contributed by atoms with Crippen molar-refractivity contribution in [3.63, 3.8) is 0 Å². The SMILES string of the molecule is O=C(NN=Cc1cc(N=Nc2cccc3ccccc23)ccc1O)c1ccccc1Br. The van der Waals surface area contributed by atoms with E-state index in [1.54, 1.807) is 30.3 Å². The molecular formula is C24H17BrN4O2. The lowest BCUT2D eigenvalue weighted by molar-refractivity contribution is 0.0954. The van der Waals surface area contributed by atoms with Gasteiger partial charge in [-0.3, -0.25) is 4.79 Å². The Kier molecular flexibility index (Phi) is 6.14. The van der Waals surface area contributed by atoms with Gasteiger partial charge in [0.1, 0.15) is 5.75 Å². The number of hydrogen-bond acceptors (Lipinski definition) is 5. The first kappa shape index (κ1) is 20.4. The van der Waals surface area contributed by atoms with Crippen molar-refractivity contribution in [1.82, 2.24) is 5.43 Å². The van der Waals surface area contributed by atoms with Crippen molar-refractivity contribution in [3.05, 3.63) is 101 Å². The van der Waals surface area contributed by atoms with Gasteiger partial charge in [-0.2, -0.15) is 10.2 Å². The summed E-state index contributed by atoms with van der Waals surface area (Å²) in [7, 11) is 0. The third-order valence-corrected chi connectivity index (χ3v) is 5.23. The summed E-state index contributed by atoms with van der Waals surface area (Å²) in [5.74, 6) is -0.349. The molecule has 0 spiro atoms. The molecule has 0 aliphatic rings. The predicted octanol–water partition coefficient (Wildman–Crippen LogP) is 6.49. The molecule has 0 aromatic heterocycles. The maximum absolute atomic E-state index is 12.2. The van der Waals surface area contributed by atoms with Crippen LogP contribution in [0.15, 0.2) is 105 Å². The number of benzene rings is 4. The summed E-state index contributed by atoms with van der Waals surface area (Å²) in [5, 5.41) is 24.8. The zero-order valence-electron chi connectivity index (χ0n) is 16.2. The van der Waals surface area contributed by atoms with Gasteiger partial charge in [-0.15, -0.1) is 5.11 Å². The second-order valence-corrected chi connectivity index (χ2v) is 7.47. The van der Waals surface area contributed by atoms with Gasteiger partial charge in [-0.25, -0.2) is 5.43 Å². The zero-order chi connectivity index (χ0) is 21.6. The van der Waals surface area contributed by atoms with Gasteiger partial charge in [0.05, 0.1) is 23.2 Å². The molecule has 0 atom stereocenters. The molecule has 152 valence electrons. The Hall–Kier alpha value is -3.84. The molecule has 4 rings (SSSR count). The number of aromatic hydroxyl groups is 1. The number of nitrogens with one attached hydrogen (secondary N) is 1. The van der Waals surface area contributed by atoms with Gasteiger partial charge in [-0.1, -0.05) is 48.5 Å². The van der Waals surface area contributed by atoms with E-state index in [0.717, 1.165) is 16.5 Å². The maximum atomic E-state index is 12.2. The first-order chi connectivity index (χ1) is 15.1. The van der Waals surface area contributed by atoms with E-state index >= 15 is 0 Å². The molecule has 0 unspecified atom stereocenters. The van der Waals surface area contributed by atoms with Gasteiger partial charge in [0.15, 0.2) is 0 Å². The van der Waals surface area contributed by atoms with E-state index in [4.69, 9.17) is 0 Å². The number of carbonyl (C=O) groups is 1. The average molecular weight is 473 g/mol. The Labute approximate surface area is 187 Å². The Bertz CT molecular complexity index is 1310. The first-order valence-corrected chi connectivity index (χ1v) is 10.2. The summed E-state index contributed by atoms with van der Waals surface area (Å²) in [6.07, 6.45) is 1.36. The molecule has 0 aliphatic carbocycles. The van der Waals surface area contributed by atoms with Crippen molar-refractivity contribution in [3.8, 4) is 5.75 Å². The number of hydrogen-bond donors (Lipinski definition) is 2. The summed E-state index contributed by atoms with van der Waals surface area (Å²) in [6, 6.07) is 25.6. The van der Waals surface area contributed by atoms with Crippen molar-refractivity contribution in [1.29, 1.82) is 0 Å². The molecule has 0 bridgehead atoms. The number of phenolic OH excluding ortho intramolecular Hbond substituents is 1. The molecule has 0 radical (unpaired) electrons. The molecule has 2 N–H and O–H groups in total. The monoisotopic (exact) mass is 472 g/mol. The minimum absolute atomic E-state index is 0.0167. The third kappa shape index (κ3) is 4.84. The molecule has 4 aromatic carbocycles. The van der Waals surface area contributed by atoms with Crippen LogP contribution in [0.4, 0.5) is 11.4 Å². The lowest BCUT2D eigenvalue weighted by atomic mass is 10.1. The van der Waals surface area contributed by atoms with Crippen LogP contribution < -0.4 is 5.43 Å². The van der Waals surface area contributed by atoms with Crippen LogP contribution >= 0.6 is 15.9 Å². The molecule has 31 heavy (non-hydrogen) atoms. The molecule has 1 amide bonds. The summed E-state index contributed by atoms with van der Waals surface area (Å²) >= 11 is 3.33. The molecule has 0 aliphatic heterocycles. The van der Waals surface area contributed by atoms with E-state index in [1.807, 2.05) is 48.5 Å².